The van der Waals surface area contributed by atoms with Gasteiger partial charge in [0, 0.05) is 31.4 Å². The van der Waals surface area contributed by atoms with E-state index in [0.717, 1.165) is 21.1 Å². The summed E-state index contributed by atoms with van der Waals surface area (Å²) in [4.78, 5) is 23.8. The number of nitrogens with one attached hydrogen (secondary N) is 1. The van der Waals surface area contributed by atoms with Crippen molar-refractivity contribution in [1.29, 1.82) is 0 Å². The summed E-state index contributed by atoms with van der Waals surface area (Å²) in [6.07, 6.45) is 1.15. The summed E-state index contributed by atoms with van der Waals surface area (Å²) in [6.45, 7) is 0.166. The molecule has 1 aromatic carbocycles. The van der Waals surface area contributed by atoms with E-state index >= 15 is 0 Å². The highest BCUT2D eigenvalue weighted by atomic mass is 35.5. The molecule has 146 valence electrons. The monoisotopic (exact) mass is 413 g/mol. The van der Waals surface area contributed by atoms with Gasteiger partial charge in [-0.25, -0.2) is 12.7 Å². The van der Waals surface area contributed by atoms with Gasteiger partial charge in [-0.1, -0.05) is 11.6 Å². The van der Waals surface area contributed by atoms with Gasteiger partial charge in [0.25, 0.3) is 5.56 Å². The first kappa shape index (κ1) is 20.9. The molecule has 1 N–H and O–H groups in total. The SMILES string of the molecule is CN(C)S(=O)(=O)c1ccc(=O)n(CC(=O)NCCOc2ccc(Cl)cc2)c1. The summed E-state index contributed by atoms with van der Waals surface area (Å²) in [7, 11) is -0.920. The van der Waals surface area contributed by atoms with Crippen LogP contribution in [0.3, 0.4) is 0 Å². The molecular weight excluding hydrogens is 394 g/mol. The minimum atomic E-state index is -3.69. The molecule has 0 bridgehead atoms. The van der Waals surface area contributed by atoms with Crippen LogP contribution in [0, 0.1) is 0 Å². The van der Waals surface area contributed by atoms with Crippen molar-refractivity contribution < 1.29 is 17.9 Å². The number of hydrogen-bond acceptors (Lipinski definition) is 5. The van der Waals surface area contributed by atoms with Crippen LogP contribution in [0.2, 0.25) is 5.02 Å². The third kappa shape index (κ3) is 5.81. The lowest BCUT2D eigenvalue weighted by Gasteiger charge is -2.13. The Morgan fingerprint density at radius 1 is 1.19 bits per heavy atom. The van der Waals surface area contributed by atoms with E-state index in [2.05, 4.69) is 5.32 Å². The van der Waals surface area contributed by atoms with Crippen molar-refractivity contribution in [3.05, 3.63) is 58.0 Å². The van der Waals surface area contributed by atoms with E-state index < -0.39 is 21.5 Å². The average molecular weight is 414 g/mol. The van der Waals surface area contributed by atoms with Crippen LogP contribution >= 0.6 is 11.6 Å². The number of sulfonamides is 1. The van der Waals surface area contributed by atoms with Crippen molar-refractivity contribution in [2.45, 2.75) is 11.4 Å². The van der Waals surface area contributed by atoms with Gasteiger partial charge in [-0.2, -0.15) is 0 Å². The number of benzene rings is 1. The maximum absolute atomic E-state index is 12.1. The summed E-state index contributed by atoms with van der Waals surface area (Å²) in [6, 6.07) is 9.13. The van der Waals surface area contributed by atoms with Gasteiger partial charge in [-0.05, 0) is 30.3 Å². The Kier molecular flexibility index (Phi) is 7.00. The first-order chi connectivity index (χ1) is 12.7. The minimum absolute atomic E-state index is 0.0639. The second-order valence-electron chi connectivity index (χ2n) is 5.77. The summed E-state index contributed by atoms with van der Waals surface area (Å²) >= 11 is 5.78. The van der Waals surface area contributed by atoms with Crippen molar-refractivity contribution in [3.8, 4) is 5.75 Å². The number of halogens is 1. The van der Waals surface area contributed by atoms with E-state index in [1.54, 1.807) is 24.3 Å². The number of amides is 1. The number of nitrogens with zero attached hydrogens (tertiary/aromatic N) is 2. The zero-order valence-electron chi connectivity index (χ0n) is 14.9. The van der Waals surface area contributed by atoms with Crippen LogP contribution in [0.25, 0.3) is 0 Å². The molecule has 0 saturated heterocycles. The fraction of sp³-hybridized carbons (Fsp3) is 0.294. The van der Waals surface area contributed by atoms with E-state index in [4.69, 9.17) is 16.3 Å². The lowest BCUT2D eigenvalue weighted by molar-refractivity contribution is -0.121. The lowest BCUT2D eigenvalue weighted by atomic mass is 10.3. The fourth-order valence-electron chi connectivity index (χ4n) is 2.10. The van der Waals surface area contributed by atoms with Crippen LogP contribution in [-0.2, 0) is 21.4 Å². The predicted octanol–water partition coefficient (Wildman–Crippen LogP) is 0.947. The molecule has 0 spiro atoms. The number of ether oxygens (including phenoxy) is 1. The molecule has 2 rings (SSSR count). The highest BCUT2D eigenvalue weighted by Gasteiger charge is 2.18. The van der Waals surface area contributed by atoms with Crippen molar-refractivity contribution in [1.82, 2.24) is 14.2 Å². The minimum Gasteiger partial charge on any atom is -0.492 e. The highest BCUT2D eigenvalue weighted by Crippen LogP contribution is 2.15. The molecule has 0 fully saturated rings. The first-order valence-electron chi connectivity index (χ1n) is 7.98. The number of hydrogen-bond donors (Lipinski definition) is 1. The summed E-state index contributed by atoms with van der Waals surface area (Å²) in [5, 5.41) is 3.21. The quantitative estimate of drug-likeness (QED) is 0.650. The predicted molar refractivity (Wildman–Crippen MR) is 102 cm³/mol. The Morgan fingerprint density at radius 2 is 1.85 bits per heavy atom. The fourth-order valence-corrected chi connectivity index (χ4v) is 3.15. The van der Waals surface area contributed by atoms with Crippen LogP contribution in [0.4, 0.5) is 0 Å². The molecule has 1 aromatic heterocycles. The van der Waals surface area contributed by atoms with E-state index in [1.165, 1.54) is 20.2 Å². The van der Waals surface area contributed by atoms with Crippen molar-refractivity contribution >= 4 is 27.5 Å². The first-order valence-corrected chi connectivity index (χ1v) is 9.80. The molecule has 0 aliphatic rings. The van der Waals surface area contributed by atoms with Crippen LogP contribution in [0.5, 0.6) is 5.75 Å². The normalized spacial score (nSPS) is 11.4. The largest absolute Gasteiger partial charge is 0.492 e. The average Bonchev–Trinajstić information content (AvgIpc) is 2.62. The molecule has 2 aromatic rings. The molecule has 0 atom stereocenters. The van der Waals surface area contributed by atoms with Crippen LogP contribution in [0.15, 0.2) is 52.3 Å². The Morgan fingerprint density at radius 3 is 2.48 bits per heavy atom. The van der Waals surface area contributed by atoms with Gasteiger partial charge in [0.1, 0.15) is 18.9 Å². The van der Waals surface area contributed by atoms with Crippen molar-refractivity contribution in [2.75, 3.05) is 27.2 Å². The van der Waals surface area contributed by atoms with E-state index in [-0.39, 0.29) is 24.6 Å². The zero-order valence-corrected chi connectivity index (χ0v) is 16.5. The molecule has 8 nitrogen and oxygen atoms in total. The van der Waals surface area contributed by atoms with Gasteiger partial charge in [0.05, 0.1) is 11.4 Å². The van der Waals surface area contributed by atoms with Crippen LogP contribution < -0.4 is 15.6 Å². The molecule has 27 heavy (non-hydrogen) atoms. The molecule has 0 saturated carbocycles. The maximum Gasteiger partial charge on any atom is 0.251 e. The topological polar surface area (TPSA) is 97.7 Å². The third-order valence-corrected chi connectivity index (χ3v) is 5.61. The number of rotatable bonds is 8. The molecule has 1 heterocycles. The Balaban J connectivity index is 1.91. The second kappa shape index (κ2) is 9.03. The number of aromatic nitrogens is 1. The van der Waals surface area contributed by atoms with Gasteiger partial charge in [-0.3, -0.25) is 9.59 Å². The van der Waals surface area contributed by atoms with E-state index in [0.29, 0.717) is 10.8 Å². The standard InChI is InChI=1S/C17H20ClN3O5S/c1-20(2)27(24,25)15-7-8-17(23)21(11-15)12-16(22)19-9-10-26-14-5-3-13(18)4-6-14/h3-8,11H,9-10,12H2,1-2H3,(H,19,22). The van der Waals surface area contributed by atoms with Gasteiger partial charge in [0.15, 0.2) is 0 Å². The molecular formula is C17H20ClN3O5S. The van der Waals surface area contributed by atoms with Gasteiger partial charge >= 0.3 is 0 Å². The zero-order chi connectivity index (χ0) is 20.0. The van der Waals surface area contributed by atoms with Crippen LogP contribution in [0.1, 0.15) is 0 Å². The molecule has 0 aliphatic heterocycles. The second-order valence-corrected chi connectivity index (χ2v) is 8.36. The summed E-state index contributed by atoms with van der Waals surface area (Å²) in [5.74, 6) is 0.183. The highest BCUT2D eigenvalue weighted by molar-refractivity contribution is 7.89. The summed E-state index contributed by atoms with van der Waals surface area (Å²) < 4.78 is 31.8. The number of pyridine rings is 1. The molecule has 1 amide bonds. The number of carbonyl (C=O) groups is 1. The van der Waals surface area contributed by atoms with Gasteiger partial charge < -0.3 is 14.6 Å². The summed E-state index contributed by atoms with van der Waals surface area (Å²) in [5.41, 5.74) is -0.472. The smallest absolute Gasteiger partial charge is 0.251 e. The Bertz CT molecular complexity index is 955. The van der Waals surface area contributed by atoms with E-state index in [9.17, 15) is 18.0 Å². The van der Waals surface area contributed by atoms with E-state index in [1.807, 2.05) is 0 Å². The maximum atomic E-state index is 12.1. The van der Waals surface area contributed by atoms with Crippen LogP contribution in [-0.4, -0.2) is 50.4 Å². The number of carbonyl (C=O) groups excluding carboxylic acids is 1. The third-order valence-electron chi connectivity index (χ3n) is 3.56. The lowest BCUT2D eigenvalue weighted by Crippen LogP contribution is -2.34. The van der Waals surface area contributed by atoms with Crippen molar-refractivity contribution in [2.24, 2.45) is 0 Å². The molecule has 0 aliphatic carbocycles. The van der Waals surface area contributed by atoms with Gasteiger partial charge in [-0.15, -0.1) is 0 Å². The molecule has 10 heteroatoms. The Hall–Kier alpha value is -2.36. The molecule has 0 unspecified atom stereocenters. The van der Waals surface area contributed by atoms with Gasteiger partial charge in [0.2, 0.25) is 15.9 Å². The Labute approximate surface area is 162 Å². The van der Waals surface area contributed by atoms with Crippen molar-refractivity contribution in [3.63, 3.8) is 0 Å². The molecule has 0 radical (unpaired) electrons.